The molecule has 3 rings (SSSR count). The lowest BCUT2D eigenvalue weighted by molar-refractivity contribution is -0.794. The molecule has 0 aliphatic carbocycles. The SMILES string of the molecule is CCCC[C@@H](OC(=O)c1ccccc1)P(=O)(OC)OC(CCCCNC(=O)OCc1ccccc1)C(=O)[N+]1(C(=O)O)CCC[C@H]1C. The Labute approximate surface area is 270 Å². The molecule has 12 nitrogen and oxygen atoms in total. The third-order valence-electron chi connectivity index (χ3n) is 8.21. The number of hydrogen-bond donors (Lipinski definition) is 2. The second kappa shape index (κ2) is 17.9. The lowest BCUT2D eigenvalue weighted by atomic mass is 10.1. The van der Waals surface area contributed by atoms with Gasteiger partial charge in [0.1, 0.15) is 12.6 Å². The van der Waals surface area contributed by atoms with E-state index in [2.05, 4.69) is 5.32 Å². The zero-order valence-electron chi connectivity index (χ0n) is 26.8. The number of carboxylic acid groups (broad SMARTS) is 1. The van der Waals surface area contributed by atoms with E-state index in [0.717, 1.165) is 12.7 Å². The zero-order chi connectivity index (χ0) is 33.6. The maximum Gasteiger partial charge on any atom is 0.521 e. The summed E-state index contributed by atoms with van der Waals surface area (Å²) in [5.74, 6) is -2.79. The van der Waals surface area contributed by atoms with E-state index in [-0.39, 0.29) is 38.1 Å². The minimum atomic E-state index is -4.31. The number of esters is 1. The zero-order valence-corrected chi connectivity index (χ0v) is 27.7. The number of quaternary nitrogens is 1. The number of nitrogens with zero attached hydrogens (tertiary/aromatic N) is 1. The van der Waals surface area contributed by atoms with E-state index in [4.69, 9.17) is 18.5 Å². The molecule has 1 fully saturated rings. The highest BCUT2D eigenvalue weighted by Gasteiger charge is 2.57. The predicted molar refractivity (Wildman–Crippen MR) is 170 cm³/mol. The summed E-state index contributed by atoms with van der Waals surface area (Å²) in [7, 11) is -3.16. The molecule has 1 saturated heterocycles. The first-order valence-electron chi connectivity index (χ1n) is 15.8. The van der Waals surface area contributed by atoms with Crippen LogP contribution in [0, 0.1) is 0 Å². The van der Waals surface area contributed by atoms with Gasteiger partial charge in [0.15, 0.2) is 6.10 Å². The number of ether oxygens (including phenoxy) is 2. The lowest BCUT2D eigenvalue weighted by Gasteiger charge is -2.34. The number of alkyl carbamates (subject to hydrolysis) is 1. The van der Waals surface area contributed by atoms with Crippen LogP contribution in [0.5, 0.6) is 0 Å². The highest BCUT2D eigenvalue weighted by atomic mass is 31.2. The van der Waals surface area contributed by atoms with Crippen molar-refractivity contribution in [3.8, 4) is 0 Å². The van der Waals surface area contributed by atoms with Gasteiger partial charge < -0.3 is 24.4 Å². The van der Waals surface area contributed by atoms with Crippen LogP contribution in [0.1, 0.15) is 81.1 Å². The minimum Gasteiger partial charge on any atom is -0.446 e. The van der Waals surface area contributed by atoms with E-state index < -0.39 is 54.1 Å². The minimum absolute atomic E-state index is 0.0000553. The second-order valence-electron chi connectivity index (χ2n) is 11.4. The molecule has 1 aliphatic rings. The molecular weight excluding hydrogens is 615 g/mol. The average molecular weight is 662 g/mol. The number of carbonyl (C=O) groups excluding carboxylic acids is 3. The van der Waals surface area contributed by atoms with Gasteiger partial charge >= 0.3 is 31.7 Å². The molecule has 0 bridgehead atoms. The van der Waals surface area contributed by atoms with Crippen molar-refractivity contribution in [3.05, 3.63) is 71.8 Å². The summed E-state index contributed by atoms with van der Waals surface area (Å²) >= 11 is 0. The van der Waals surface area contributed by atoms with Gasteiger partial charge in [-0.25, -0.2) is 14.4 Å². The Morgan fingerprint density at radius 2 is 1.67 bits per heavy atom. The summed E-state index contributed by atoms with van der Waals surface area (Å²) in [5.41, 5.74) is 1.09. The van der Waals surface area contributed by atoms with Gasteiger partial charge in [-0.3, -0.25) is 9.09 Å². The summed E-state index contributed by atoms with van der Waals surface area (Å²) in [5, 5.41) is 12.9. The molecule has 2 N–H and O–H groups in total. The highest BCUT2D eigenvalue weighted by Crippen LogP contribution is 2.56. The molecule has 1 aliphatic heterocycles. The Morgan fingerprint density at radius 1 is 1.00 bits per heavy atom. The highest BCUT2D eigenvalue weighted by molar-refractivity contribution is 7.54. The van der Waals surface area contributed by atoms with Crippen LogP contribution in [0.3, 0.4) is 0 Å². The largest absolute Gasteiger partial charge is 0.521 e. The number of likely N-dealkylation sites (tertiary alicyclic amines) is 1. The van der Waals surface area contributed by atoms with Gasteiger partial charge in [-0.05, 0) is 56.7 Å². The van der Waals surface area contributed by atoms with Crippen molar-refractivity contribution in [2.75, 3.05) is 20.2 Å². The summed E-state index contributed by atoms with van der Waals surface area (Å²) in [6, 6.07) is 16.9. The standard InChI is InChI=1S/C33H45N2O10P/c1-4-5-21-29(44-31(37)27-18-10-7-11-19-27)46(41,42-3)45-28(30(36)35(33(39)40)23-14-15-25(35)2)20-12-13-22-34-32(38)43-24-26-16-8-6-9-17-26/h6-11,16-19,25,28-29H,4-5,12-15,20-24H2,1-3H3,(H-,34,38,39,40)/p+1/t25-,28?,29+,35?,46?/m1/s1. The Bertz CT molecular complexity index is 1340. The molecule has 3 unspecified atom stereocenters. The molecule has 3 amide bonds. The number of imide groups is 1. The predicted octanol–water partition coefficient (Wildman–Crippen LogP) is 6.88. The summed E-state index contributed by atoms with van der Waals surface area (Å²) < 4.78 is 35.8. The monoisotopic (exact) mass is 661 g/mol. The summed E-state index contributed by atoms with van der Waals surface area (Å²) in [4.78, 5) is 51.8. The van der Waals surface area contributed by atoms with Crippen molar-refractivity contribution >= 4 is 31.7 Å². The molecule has 46 heavy (non-hydrogen) atoms. The van der Waals surface area contributed by atoms with Crippen molar-refractivity contribution in [2.45, 2.75) is 89.8 Å². The smallest absolute Gasteiger partial charge is 0.446 e. The van der Waals surface area contributed by atoms with Crippen LogP contribution in [-0.4, -0.2) is 71.8 Å². The molecule has 0 saturated carbocycles. The van der Waals surface area contributed by atoms with Gasteiger partial charge in [-0.2, -0.15) is 9.28 Å². The normalized spacial score (nSPS) is 20.2. The van der Waals surface area contributed by atoms with Gasteiger partial charge in [0.2, 0.25) is 5.85 Å². The van der Waals surface area contributed by atoms with Gasteiger partial charge in [0, 0.05) is 26.5 Å². The maximum atomic E-state index is 14.3. The molecule has 5 atom stereocenters. The van der Waals surface area contributed by atoms with Crippen molar-refractivity contribution in [1.29, 1.82) is 0 Å². The Morgan fingerprint density at radius 3 is 2.26 bits per heavy atom. The third kappa shape index (κ3) is 9.72. The Kier molecular flexibility index (Phi) is 14.4. The number of rotatable bonds is 17. The number of hydrogen-bond acceptors (Lipinski definition) is 9. The van der Waals surface area contributed by atoms with Crippen LogP contribution in [-0.2, 0) is 34.5 Å². The number of nitrogens with one attached hydrogen (secondary N) is 1. The van der Waals surface area contributed by atoms with E-state index in [1.165, 1.54) is 0 Å². The Balaban J connectivity index is 1.75. The van der Waals surface area contributed by atoms with E-state index in [9.17, 15) is 28.8 Å². The van der Waals surface area contributed by atoms with Crippen LogP contribution >= 0.6 is 7.60 Å². The van der Waals surface area contributed by atoms with Gasteiger partial charge in [-0.1, -0.05) is 61.9 Å². The first-order valence-corrected chi connectivity index (χ1v) is 17.4. The molecule has 0 radical (unpaired) electrons. The third-order valence-corrected chi connectivity index (χ3v) is 10.3. The number of carbonyl (C=O) groups is 4. The lowest BCUT2D eigenvalue weighted by Crippen LogP contribution is -2.62. The second-order valence-corrected chi connectivity index (χ2v) is 13.6. The summed E-state index contributed by atoms with van der Waals surface area (Å²) in [6.45, 7) is 4.03. The van der Waals surface area contributed by atoms with Crippen molar-refractivity contribution in [1.82, 2.24) is 5.32 Å². The van der Waals surface area contributed by atoms with E-state index in [0.29, 0.717) is 38.5 Å². The van der Waals surface area contributed by atoms with Crippen molar-refractivity contribution in [3.63, 3.8) is 0 Å². The van der Waals surface area contributed by atoms with Gasteiger partial charge in [0.25, 0.3) is 0 Å². The van der Waals surface area contributed by atoms with Crippen LogP contribution in [0.15, 0.2) is 60.7 Å². The first kappa shape index (κ1) is 36.9. The Hall–Kier alpha value is -3.57. The van der Waals surface area contributed by atoms with Crippen molar-refractivity contribution < 1.29 is 51.9 Å². The topological polar surface area (TPSA) is 155 Å². The molecular formula is C33H46N2O10P+. The number of unbranched alkanes of at least 4 members (excludes halogenated alkanes) is 2. The molecule has 2 aromatic carbocycles. The first-order chi connectivity index (χ1) is 22.1. The number of benzene rings is 2. The van der Waals surface area contributed by atoms with E-state index >= 15 is 0 Å². The molecule has 1 heterocycles. The van der Waals surface area contributed by atoms with E-state index in [1.807, 2.05) is 37.3 Å². The number of amides is 3. The fraction of sp³-hybridized carbons (Fsp3) is 0.515. The molecule has 0 spiro atoms. The van der Waals surface area contributed by atoms with Crippen LogP contribution in [0.25, 0.3) is 0 Å². The fourth-order valence-corrected chi connectivity index (χ4v) is 7.24. The molecule has 2 aromatic rings. The van der Waals surface area contributed by atoms with Crippen LogP contribution in [0.2, 0.25) is 0 Å². The average Bonchev–Trinajstić information content (AvgIpc) is 3.47. The molecule has 252 valence electrons. The van der Waals surface area contributed by atoms with Crippen LogP contribution < -0.4 is 5.32 Å². The van der Waals surface area contributed by atoms with Gasteiger partial charge in [-0.15, -0.1) is 0 Å². The quantitative estimate of drug-likeness (QED) is 0.0793. The van der Waals surface area contributed by atoms with Gasteiger partial charge in [0.05, 0.1) is 12.1 Å². The maximum absolute atomic E-state index is 14.3. The molecule has 13 heteroatoms. The fourth-order valence-electron chi connectivity index (χ4n) is 5.51. The molecule has 0 aromatic heterocycles. The van der Waals surface area contributed by atoms with Crippen LogP contribution in [0.4, 0.5) is 9.59 Å². The van der Waals surface area contributed by atoms with E-state index in [1.54, 1.807) is 37.3 Å². The van der Waals surface area contributed by atoms with Crippen molar-refractivity contribution in [2.24, 2.45) is 0 Å². The summed E-state index contributed by atoms with van der Waals surface area (Å²) in [6.07, 6.45) is -0.215.